The summed E-state index contributed by atoms with van der Waals surface area (Å²) >= 11 is 5.90. The van der Waals surface area contributed by atoms with Crippen LogP contribution in [0, 0.1) is 5.82 Å². The molecular weight excluding hydrogens is 231 g/mol. The lowest BCUT2D eigenvalue weighted by Gasteiger charge is -2.21. The molecule has 0 fully saturated rings. The van der Waals surface area contributed by atoms with Crippen molar-refractivity contribution < 1.29 is 9.18 Å². The molecule has 1 aliphatic heterocycles. The number of likely N-dealkylation sites (N-methyl/N-ethyl adjacent to an activating group) is 1. The van der Waals surface area contributed by atoms with Gasteiger partial charge in [0.15, 0.2) is 0 Å². The molecule has 0 spiro atoms. The zero-order chi connectivity index (χ0) is 11.7. The van der Waals surface area contributed by atoms with Gasteiger partial charge in [-0.05, 0) is 25.2 Å². The van der Waals surface area contributed by atoms with Gasteiger partial charge in [0.25, 0.3) is 0 Å². The minimum absolute atomic E-state index is 0.376. The highest BCUT2D eigenvalue weighted by Gasteiger charge is 2.23. The molecule has 1 aromatic rings. The summed E-state index contributed by atoms with van der Waals surface area (Å²) in [5.74, 6) is -0.382. The molecule has 0 aliphatic carbocycles. The molecule has 2 rings (SSSR count). The first kappa shape index (κ1) is 11.2. The van der Waals surface area contributed by atoms with Crippen molar-refractivity contribution in [3.63, 3.8) is 0 Å². The van der Waals surface area contributed by atoms with E-state index >= 15 is 0 Å². The van der Waals surface area contributed by atoms with Crippen molar-refractivity contribution >= 4 is 28.7 Å². The van der Waals surface area contributed by atoms with Gasteiger partial charge in [0.2, 0.25) is 0 Å². The largest absolute Gasteiger partial charge is 0.301 e. The Kier molecular flexibility index (Phi) is 3.03. The minimum Gasteiger partial charge on any atom is -0.301 e. The number of fused-ring (bicyclic) bond motifs is 1. The second-order valence-corrected chi connectivity index (χ2v) is 4.12. The predicted octanol–water partition coefficient (Wildman–Crippen LogP) is 2.28. The summed E-state index contributed by atoms with van der Waals surface area (Å²) in [6, 6.07) is 3.65. The molecule has 0 N–H and O–H groups in total. The quantitative estimate of drug-likeness (QED) is 0.706. The van der Waals surface area contributed by atoms with Gasteiger partial charge in [-0.25, -0.2) is 9.38 Å². The summed E-state index contributed by atoms with van der Waals surface area (Å²) in [7, 11) is 1.75. The highest BCUT2D eigenvalue weighted by molar-refractivity contribution is 6.66. The monoisotopic (exact) mass is 240 g/mol. The summed E-state index contributed by atoms with van der Waals surface area (Å²) in [4.78, 5) is 16.9. The van der Waals surface area contributed by atoms with Crippen molar-refractivity contribution in [1.82, 2.24) is 4.90 Å². The van der Waals surface area contributed by atoms with Crippen LogP contribution in [0.15, 0.2) is 23.2 Å². The van der Waals surface area contributed by atoms with Crippen molar-refractivity contribution in [3.05, 3.63) is 29.6 Å². The van der Waals surface area contributed by atoms with Crippen LogP contribution in [-0.4, -0.2) is 29.9 Å². The Morgan fingerprint density at radius 1 is 1.62 bits per heavy atom. The van der Waals surface area contributed by atoms with Crippen molar-refractivity contribution in [2.45, 2.75) is 6.04 Å². The van der Waals surface area contributed by atoms with E-state index in [1.165, 1.54) is 18.2 Å². The van der Waals surface area contributed by atoms with Gasteiger partial charge in [0.1, 0.15) is 17.3 Å². The van der Waals surface area contributed by atoms with Gasteiger partial charge in [-0.3, -0.25) is 4.90 Å². The van der Waals surface area contributed by atoms with E-state index < -0.39 is 6.04 Å². The van der Waals surface area contributed by atoms with Gasteiger partial charge >= 0.3 is 0 Å². The first-order valence-electron chi connectivity index (χ1n) is 4.80. The summed E-state index contributed by atoms with van der Waals surface area (Å²) in [5, 5.41) is 0.389. The van der Waals surface area contributed by atoms with Crippen LogP contribution in [0.25, 0.3) is 0 Å². The van der Waals surface area contributed by atoms with Gasteiger partial charge in [0, 0.05) is 5.56 Å². The van der Waals surface area contributed by atoms with E-state index in [0.717, 1.165) is 6.29 Å². The van der Waals surface area contributed by atoms with Crippen LogP contribution in [0.4, 0.5) is 10.1 Å². The number of rotatable bonds is 1. The third-order valence-electron chi connectivity index (χ3n) is 2.53. The average molecular weight is 241 g/mol. The predicted molar refractivity (Wildman–Crippen MR) is 60.8 cm³/mol. The first-order chi connectivity index (χ1) is 7.61. The van der Waals surface area contributed by atoms with Crippen LogP contribution in [0.3, 0.4) is 0 Å². The van der Waals surface area contributed by atoms with Crippen LogP contribution in [0.1, 0.15) is 11.6 Å². The van der Waals surface area contributed by atoms with Crippen LogP contribution in [0.5, 0.6) is 0 Å². The van der Waals surface area contributed by atoms with Crippen molar-refractivity contribution in [2.75, 3.05) is 13.6 Å². The van der Waals surface area contributed by atoms with Gasteiger partial charge in [-0.15, -0.1) is 0 Å². The van der Waals surface area contributed by atoms with Crippen molar-refractivity contribution in [2.24, 2.45) is 4.99 Å². The number of halogens is 2. The van der Waals surface area contributed by atoms with Crippen LogP contribution in [0.2, 0.25) is 0 Å². The Morgan fingerprint density at radius 2 is 2.38 bits per heavy atom. The van der Waals surface area contributed by atoms with Gasteiger partial charge in [-0.1, -0.05) is 11.6 Å². The van der Waals surface area contributed by atoms with Crippen LogP contribution >= 0.6 is 11.6 Å². The summed E-state index contributed by atoms with van der Waals surface area (Å²) in [6.07, 6.45) is 0.767. The van der Waals surface area contributed by atoms with E-state index in [1.54, 1.807) is 11.9 Å². The highest BCUT2D eigenvalue weighted by atomic mass is 35.5. The fourth-order valence-electron chi connectivity index (χ4n) is 1.75. The van der Waals surface area contributed by atoms with E-state index in [0.29, 0.717) is 23.0 Å². The average Bonchev–Trinajstić information content (AvgIpc) is 2.33. The van der Waals surface area contributed by atoms with E-state index in [-0.39, 0.29) is 5.82 Å². The number of aldehydes is 1. The number of benzene rings is 1. The summed E-state index contributed by atoms with van der Waals surface area (Å²) in [6.45, 7) is 0.376. The Balaban J connectivity index is 2.59. The zero-order valence-corrected chi connectivity index (χ0v) is 9.41. The fourth-order valence-corrected chi connectivity index (χ4v) is 2.03. The Bertz CT molecular complexity index is 461. The number of hydrogen-bond acceptors (Lipinski definition) is 3. The Hall–Kier alpha value is -1.26. The molecule has 0 radical (unpaired) electrons. The van der Waals surface area contributed by atoms with E-state index in [2.05, 4.69) is 4.99 Å². The summed E-state index contributed by atoms with van der Waals surface area (Å²) < 4.78 is 13.1. The molecule has 1 heterocycles. The standard InChI is InChI=1S/C11H10ClFN2O/c1-15-5-11(12)14-9-3-2-7(13)4-8(9)10(15)6-16/h2-4,6,10H,5H2,1H3. The van der Waals surface area contributed by atoms with Crippen molar-refractivity contribution in [3.8, 4) is 0 Å². The number of hydrogen-bond donors (Lipinski definition) is 0. The zero-order valence-electron chi connectivity index (χ0n) is 8.65. The molecule has 1 atom stereocenters. The molecule has 5 heteroatoms. The molecule has 1 aliphatic rings. The van der Waals surface area contributed by atoms with E-state index in [4.69, 9.17) is 11.6 Å². The number of nitrogens with zero attached hydrogens (tertiary/aromatic N) is 2. The second-order valence-electron chi connectivity index (χ2n) is 3.69. The smallest absolute Gasteiger partial charge is 0.141 e. The maximum Gasteiger partial charge on any atom is 0.141 e. The first-order valence-corrected chi connectivity index (χ1v) is 5.17. The number of carbonyl (C=O) groups is 1. The van der Waals surface area contributed by atoms with Gasteiger partial charge in [-0.2, -0.15) is 0 Å². The molecule has 0 aromatic heterocycles. The topological polar surface area (TPSA) is 32.7 Å². The fraction of sp³-hybridized carbons (Fsp3) is 0.273. The SMILES string of the molecule is CN1CC(Cl)=Nc2ccc(F)cc2C1C=O. The maximum absolute atomic E-state index is 13.1. The van der Waals surface area contributed by atoms with Gasteiger partial charge < -0.3 is 4.79 Å². The minimum atomic E-state index is -0.509. The van der Waals surface area contributed by atoms with Gasteiger partial charge in [0.05, 0.1) is 18.3 Å². The van der Waals surface area contributed by atoms with E-state index in [9.17, 15) is 9.18 Å². The molecule has 1 aromatic carbocycles. The third-order valence-corrected chi connectivity index (χ3v) is 2.74. The Labute approximate surface area is 97.5 Å². The molecule has 0 saturated heterocycles. The van der Waals surface area contributed by atoms with Crippen molar-refractivity contribution in [1.29, 1.82) is 0 Å². The number of carbonyl (C=O) groups excluding carboxylic acids is 1. The molecular formula is C11H10ClFN2O. The Morgan fingerprint density at radius 3 is 3.06 bits per heavy atom. The third kappa shape index (κ3) is 1.99. The second kappa shape index (κ2) is 4.31. The maximum atomic E-state index is 13.1. The molecule has 1 unspecified atom stereocenters. The molecule has 84 valence electrons. The van der Waals surface area contributed by atoms with E-state index in [1.807, 2.05) is 0 Å². The van der Waals surface area contributed by atoms with Crippen LogP contribution < -0.4 is 0 Å². The molecule has 0 amide bonds. The molecule has 0 saturated carbocycles. The molecule has 0 bridgehead atoms. The lowest BCUT2D eigenvalue weighted by Crippen LogP contribution is -2.28. The number of aliphatic imine (C=N–C) groups is 1. The van der Waals surface area contributed by atoms with Crippen LogP contribution in [-0.2, 0) is 4.79 Å². The summed E-state index contributed by atoms with van der Waals surface area (Å²) in [5.41, 5.74) is 1.10. The molecule has 3 nitrogen and oxygen atoms in total. The normalized spacial score (nSPS) is 20.9. The molecule has 16 heavy (non-hydrogen) atoms. The lowest BCUT2D eigenvalue weighted by atomic mass is 10.1. The lowest BCUT2D eigenvalue weighted by molar-refractivity contribution is -0.111. The highest BCUT2D eigenvalue weighted by Crippen LogP contribution is 2.31.